The van der Waals surface area contributed by atoms with Crippen LogP contribution in [0, 0.1) is 0 Å². The van der Waals surface area contributed by atoms with Gasteiger partial charge in [0.2, 0.25) is 5.43 Å². The van der Waals surface area contributed by atoms with Gasteiger partial charge in [0.25, 0.3) is 5.91 Å². The van der Waals surface area contributed by atoms with Crippen molar-refractivity contribution in [3.8, 4) is 5.75 Å². The van der Waals surface area contributed by atoms with Crippen LogP contribution in [0.2, 0.25) is 10.0 Å². The summed E-state index contributed by atoms with van der Waals surface area (Å²) in [4.78, 5) is 25.5. The molecule has 31 heavy (non-hydrogen) atoms. The van der Waals surface area contributed by atoms with Crippen LogP contribution in [0.1, 0.15) is 21.6 Å². The minimum absolute atomic E-state index is 0.0643. The number of nitrogens with zero attached hydrogens (tertiary/aromatic N) is 1. The van der Waals surface area contributed by atoms with Gasteiger partial charge in [-0.3, -0.25) is 9.59 Å². The van der Waals surface area contributed by atoms with E-state index in [2.05, 4.69) is 5.32 Å². The van der Waals surface area contributed by atoms with Gasteiger partial charge in [0, 0.05) is 18.8 Å². The Balaban J connectivity index is 1.88. The van der Waals surface area contributed by atoms with Gasteiger partial charge in [-0.05, 0) is 23.3 Å². The van der Waals surface area contributed by atoms with E-state index in [0.717, 1.165) is 5.56 Å². The van der Waals surface area contributed by atoms with Crippen molar-refractivity contribution >= 4 is 29.1 Å². The number of carbonyl (C=O) groups is 1. The monoisotopic (exact) mass is 462 g/mol. The molecule has 3 aromatic rings. The van der Waals surface area contributed by atoms with Crippen molar-refractivity contribution in [2.24, 2.45) is 0 Å². The number of pyridine rings is 1. The summed E-state index contributed by atoms with van der Waals surface area (Å²) in [6.45, 7) is -0.148. The normalized spacial score (nSPS) is 10.9. The summed E-state index contributed by atoms with van der Waals surface area (Å²) < 4.78 is 6.95. The molecule has 1 aromatic heterocycles. The Morgan fingerprint density at radius 2 is 1.77 bits per heavy atom. The van der Waals surface area contributed by atoms with E-state index >= 15 is 0 Å². The molecule has 0 radical (unpaired) electrons. The predicted molar refractivity (Wildman–Crippen MR) is 117 cm³/mol. The first-order valence-corrected chi connectivity index (χ1v) is 10.1. The zero-order valence-corrected chi connectivity index (χ0v) is 17.8. The summed E-state index contributed by atoms with van der Waals surface area (Å²) in [5.41, 5.74) is 0.888. The Hall–Kier alpha value is -2.84. The maximum atomic E-state index is 13.0. The lowest BCUT2D eigenvalue weighted by molar-refractivity contribution is -0.0517. The summed E-state index contributed by atoms with van der Waals surface area (Å²) in [5, 5.41) is 22.2. The zero-order chi connectivity index (χ0) is 22.4. The fraction of sp³-hybridized carbons (Fsp3) is 0.182. The summed E-state index contributed by atoms with van der Waals surface area (Å²) in [7, 11) is 0. The van der Waals surface area contributed by atoms with Gasteiger partial charge in [-0.2, -0.15) is 0 Å². The van der Waals surface area contributed by atoms with Crippen LogP contribution >= 0.6 is 23.2 Å². The first kappa shape index (κ1) is 22.8. The van der Waals surface area contributed by atoms with Gasteiger partial charge < -0.3 is 24.8 Å². The molecule has 3 rings (SSSR count). The molecule has 0 aliphatic carbocycles. The number of aliphatic hydroxyl groups is 2. The molecule has 1 heterocycles. The highest BCUT2D eigenvalue weighted by atomic mass is 35.5. The third-order valence-electron chi connectivity index (χ3n) is 4.37. The lowest BCUT2D eigenvalue weighted by Crippen LogP contribution is -2.31. The van der Waals surface area contributed by atoms with Crippen molar-refractivity contribution in [3.63, 3.8) is 0 Å². The van der Waals surface area contributed by atoms with Crippen molar-refractivity contribution in [1.29, 1.82) is 0 Å². The molecule has 1 amide bonds. The standard InChI is InChI=1S/C22H20Cl2N2O5/c23-16-7-6-15(10-17(16)24)11-25-22(30)20-21(31-13-14-4-2-1-3-5-14)18(27)8-9-26(20)12-19(28)29/h1-10,19,28-29H,11-13H2,(H,25,30). The minimum Gasteiger partial charge on any atom is -0.483 e. The molecule has 0 aliphatic rings. The average Bonchev–Trinajstić information content (AvgIpc) is 2.75. The molecule has 7 nitrogen and oxygen atoms in total. The molecule has 0 atom stereocenters. The molecular weight excluding hydrogens is 443 g/mol. The summed E-state index contributed by atoms with van der Waals surface area (Å²) in [6.07, 6.45) is -0.420. The SMILES string of the molecule is O=C(NCc1ccc(Cl)c(Cl)c1)c1c(OCc2ccccc2)c(=O)ccn1CC(O)O. The number of aliphatic hydroxyl groups excluding tert-OH is 1. The maximum absolute atomic E-state index is 13.0. The molecule has 0 saturated carbocycles. The van der Waals surface area contributed by atoms with Gasteiger partial charge in [-0.15, -0.1) is 0 Å². The number of aromatic nitrogens is 1. The highest BCUT2D eigenvalue weighted by Gasteiger charge is 2.21. The minimum atomic E-state index is -1.73. The van der Waals surface area contributed by atoms with E-state index in [1.54, 1.807) is 18.2 Å². The molecule has 0 saturated heterocycles. The second kappa shape index (κ2) is 10.5. The number of nitrogens with one attached hydrogen (secondary N) is 1. The molecule has 3 N–H and O–H groups in total. The first-order valence-electron chi connectivity index (χ1n) is 9.33. The van der Waals surface area contributed by atoms with Crippen molar-refractivity contribution in [2.75, 3.05) is 0 Å². The van der Waals surface area contributed by atoms with Crippen molar-refractivity contribution < 1.29 is 19.7 Å². The molecule has 9 heteroatoms. The average molecular weight is 463 g/mol. The smallest absolute Gasteiger partial charge is 0.272 e. The van der Waals surface area contributed by atoms with Crippen LogP contribution < -0.4 is 15.5 Å². The topological polar surface area (TPSA) is 101 Å². The Labute approximate surface area is 188 Å². The highest BCUT2D eigenvalue weighted by molar-refractivity contribution is 6.42. The Kier molecular flexibility index (Phi) is 7.70. The molecule has 0 aliphatic heterocycles. The van der Waals surface area contributed by atoms with Crippen LogP contribution in [0.5, 0.6) is 5.75 Å². The maximum Gasteiger partial charge on any atom is 0.272 e. The lowest BCUT2D eigenvalue weighted by atomic mass is 10.2. The molecule has 0 bridgehead atoms. The fourth-order valence-electron chi connectivity index (χ4n) is 2.90. The molecule has 0 spiro atoms. The van der Waals surface area contributed by atoms with Gasteiger partial charge in [0.1, 0.15) is 6.61 Å². The summed E-state index contributed by atoms with van der Waals surface area (Å²) >= 11 is 11.9. The van der Waals surface area contributed by atoms with Gasteiger partial charge >= 0.3 is 0 Å². The van der Waals surface area contributed by atoms with E-state index in [-0.39, 0.29) is 31.1 Å². The van der Waals surface area contributed by atoms with Crippen molar-refractivity contribution in [2.45, 2.75) is 26.0 Å². The third kappa shape index (κ3) is 6.08. The summed E-state index contributed by atoms with van der Waals surface area (Å²) in [5.74, 6) is -0.800. The number of carbonyl (C=O) groups excluding carboxylic acids is 1. The van der Waals surface area contributed by atoms with Crippen LogP contribution in [-0.2, 0) is 19.7 Å². The lowest BCUT2D eigenvalue weighted by Gasteiger charge is -2.18. The molecular formula is C22H20Cl2N2O5. The van der Waals surface area contributed by atoms with E-state index in [1.165, 1.54) is 16.8 Å². The number of hydrogen-bond acceptors (Lipinski definition) is 5. The second-order valence-electron chi connectivity index (χ2n) is 6.70. The van der Waals surface area contributed by atoms with Crippen molar-refractivity contribution in [1.82, 2.24) is 9.88 Å². The molecule has 0 fully saturated rings. The van der Waals surface area contributed by atoms with Crippen LogP contribution in [0.15, 0.2) is 65.6 Å². The molecule has 2 aromatic carbocycles. The van der Waals surface area contributed by atoms with E-state index in [4.69, 9.17) is 27.9 Å². The van der Waals surface area contributed by atoms with Gasteiger partial charge in [-0.1, -0.05) is 59.6 Å². The van der Waals surface area contributed by atoms with E-state index in [9.17, 15) is 19.8 Å². The number of amides is 1. The van der Waals surface area contributed by atoms with Crippen LogP contribution in [0.4, 0.5) is 0 Å². The number of rotatable bonds is 8. The Morgan fingerprint density at radius 3 is 2.45 bits per heavy atom. The number of hydrogen-bond donors (Lipinski definition) is 3. The molecule has 162 valence electrons. The van der Waals surface area contributed by atoms with E-state index in [1.807, 2.05) is 30.3 Å². The van der Waals surface area contributed by atoms with Gasteiger partial charge in [0.15, 0.2) is 17.7 Å². The highest BCUT2D eigenvalue weighted by Crippen LogP contribution is 2.23. The number of benzene rings is 2. The molecule has 0 unspecified atom stereocenters. The predicted octanol–water partition coefficient (Wildman–Crippen LogP) is 2.97. The van der Waals surface area contributed by atoms with Crippen LogP contribution in [0.3, 0.4) is 0 Å². The largest absolute Gasteiger partial charge is 0.483 e. The zero-order valence-electron chi connectivity index (χ0n) is 16.3. The first-order chi connectivity index (χ1) is 14.8. The van der Waals surface area contributed by atoms with E-state index in [0.29, 0.717) is 15.6 Å². The van der Waals surface area contributed by atoms with Crippen LogP contribution in [0.25, 0.3) is 0 Å². The quantitative estimate of drug-likeness (QED) is 0.446. The third-order valence-corrected chi connectivity index (χ3v) is 5.11. The summed E-state index contributed by atoms with van der Waals surface area (Å²) in [6, 6.07) is 15.3. The van der Waals surface area contributed by atoms with Gasteiger partial charge in [0.05, 0.1) is 16.6 Å². The van der Waals surface area contributed by atoms with E-state index < -0.39 is 17.6 Å². The fourth-order valence-corrected chi connectivity index (χ4v) is 3.22. The second-order valence-corrected chi connectivity index (χ2v) is 7.51. The number of halogens is 2. The van der Waals surface area contributed by atoms with Gasteiger partial charge in [-0.25, -0.2) is 0 Å². The van der Waals surface area contributed by atoms with Crippen molar-refractivity contribution in [3.05, 3.63) is 97.9 Å². The Morgan fingerprint density at radius 1 is 1.03 bits per heavy atom. The number of ether oxygens (including phenoxy) is 1. The Bertz CT molecular complexity index is 1120. The van der Waals surface area contributed by atoms with Crippen LogP contribution in [-0.4, -0.2) is 27.0 Å².